The Morgan fingerprint density at radius 1 is 1.13 bits per heavy atom. The number of para-hydroxylation sites is 2. The molecule has 3 N–H and O–H groups in total. The van der Waals surface area contributed by atoms with Gasteiger partial charge in [-0.3, -0.25) is 4.79 Å². The minimum absolute atomic E-state index is 0.202. The smallest absolute Gasteiger partial charge is 0.250 e. The molecule has 0 saturated heterocycles. The summed E-state index contributed by atoms with van der Waals surface area (Å²) in [5.41, 5.74) is 6.49. The van der Waals surface area contributed by atoms with E-state index in [0.717, 1.165) is 27.7 Å². The highest BCUT2D eigenvalue weighted by Gasteiger charge is 2.26. The highest BCUT2D eigenvalue weighted by Crippen LogP contribution is 2.39. The van der Waals surface area contributed by atoms with Gasteiger partial charge in [-0.15, -0.1) is 0 Å². The summed E-state index contributed by atoms with van der Waals surface area (Å²) >= 11 is 1.33. The number of hydrogen-bond acceptors (Lipinski definition) is 5. The third-order valence-corrected chi connectivity index (χ3v) is 5.73. The number of nitrogens with one attached hydrogen (secondary N) is 2. The Labute approximate surface area is 187 Å². The zero-order chi connectivity index (χ0) is 22.8. The second-order valence-corrected chi connectivity index (χ2v) is 10.6. The average molecular weight is 439 g/mol. The maximum atomic E-state index is 12.2. The van der Waals surface area contributed by atoms with Gasteiger partial charge in [0.05, 0.1) is 23.0 Å². The summed E-state index contributed by atoms with van der Waals surface area (Å²) in [4.78, 5) is 19.8. The van der Waals surface area contributed by atoms with Crippen LogP contribution in [0.15, 0.2) is 46.7 Å². The van der Waals surface area contributed by atoms with E-state index < -0.39 is 0 Å². The zero-order valence-electron chi connectivity index (χ0n) is 18.9. The summed E-state index contributed by atoms with van der Waals surface area (Å²) in [5.74, 6) is 0.309. The van der Waals surface area contributed by atoms with Crippen LogP contribution >= 0.6 is 11.8 Å². The van der Waals surface area contributed by atoms with Crippen molar-refractivity contribution in [2.75, 3.05) is 5.75 Å². The van der Waals surface area contributed by atoms with Crippen LogP contribution in [0.2, 0.25) is 0 Å². The van der Waals surface area contributed by atoms with Crippen molar-refractivity contribution in [3.63, 3.8) is 0 Å². The number of rotatable bonds is 5. The van der Waals surface area contributed by atoms with Gasteiger partial charge in [-0.25, -0.2) is 10.4 Å². The average Bonchev–Trinajstić information content (AvgIpc) is 3.08. The summed E-state index contributed by atoms with van der Waals surface area (Å²) in [6, 6.07) is 11.6. The van der Waals surface area contributed by atoms with E-state index in [1.807, 2.05) is 36.4 Å². The Morgan fingerprint density at radius 2 is 1.74 bits per heavy atom. The van der Waals surface area contributed by atoms with Crippen molar-refractivity contribution < 1.29 is 9.90 Å². The van der Waals surface area contributed by atoms with Crippen LogP contribution in [-0.4, -0.2) is 32.9 Å². The molecule has 0 saturated carbocycles. The monoisotopic (exact) mass is 438 g/mol. The summed E-state index contributed by atoms with van der Waals surface area (Å²) in [5, 5.41) is 15.6. The van der Waals surface area contributed by atoms with Crippen LogP contribution in [0.25, 0.3) is 11.0 Å². The molecule has 0 bridgehead atoms. The molecule has 0 aliphatic carbocycles. The van der Waals surface area contributed by atoms with Gasteiger partial charge in [0.2, 0.25) is 0 Å². The molecule has 3 rings (SSSR count). The first-order valence-electron chi connectivity index (χ1n) is 10.2. The SMILES string of the molecule is CC(C)(C)c1cc(/C=N/NC(=O)CSc2nc3ccccc3[nH]2)cc(C(C)(C)C)c1O. The van der Waals surface area contributed by atoms with Crippen molar-refractivity contribution in [2.45, 2.75) is 57.5 Å². The molecule has 0 fully saturated rings. The fourth-order valence-corrected chi connectivity index (χ4v) is 3.89. The number of phenolic OH excluding ortho intramolecular Hbond substituents is 1. The lowest BCUT2D eigenvalue weighted by Gasteiger charge is -2.27. The number of aromatic hydroxyl groups is 1. The lowest BCUT2D eigenvalue weighted by atomic mass is 9.78. The van der Waals surface area contributed by atoms with Crippen LogP contribution in [0, 0.1) is 0 Å². The van der Waals surface area contributed by atoms with Crippen molar-refractivity contribution in [2.24, 2.45) is 5.10 Å². The molecule has 0 aliphatic rings. The molecule has 2 aromatic carbocycles. The largest absolute Gasteiger partial charge is 0.507 e. The Bertz CT molecular complexity index is 1050. The number of benzene rings is 2. The van der Waals surface area contributed by atoms with E-state index in [1.54, 1.807) is 6.21 Å². The maximum Gasteiger partial charge on any atom is 0.250 e. The zero-order valence-corrected chi connectivity index (χ0v) is 19.7. The topological polar surface area (TPSA) is 90.4 Å². The number of carbonyl (C=O) groups is 1. The molecule has 1 aromatic heterocycles. The number of phenols is 1. The summed E-state index contributed by atoms with van der Waals surface area (Å²) in [6.07, 6.45) is 1.62. The predicted molar refractivity (Wildman–Crippen MR) is 128 cm³/mol. The van der Waals surface area contributed by atoms with Gasteiger partial charge in [0.15, 0.2) is 5.16 Å². The third kappa shape index (κ3) is 5.67. The number of fused-ring (bicyclic) bond motifs is 1. The Hall–Kier alpha value is -2.80. The van der Waals surface area contributed by atoms with E-state index >= 15 is 0 Å². The van der Waals surface area contributed by atoms with E-state index in [0.29, 0.717) is 10.9 Å². The number of hydrazone groups is 1. The van der Waals surface area contributed by atoms with Crippen molar-refractivity contribution in [1.29, 1.82) is 0 Å². The Morgan fingerprint density at radius 3 is 2.32 bits per heavy atom. The van der Waals surface area contributed by atoms with Crippen molar-refractivity contribution >= 4 is 34.9 Å². The minimum atomic E-state index is -0.222. The molecule has 164 valence electrons. The standard InChI is InChI=1S/C24H30N4O2S/c1-23(2,3)16-11-15(12-17(21(16)30)24(4,5)6)13-25-28-20(29)14-31-22-26-18-9-7-8-10-19(18)27-22/h7-13,30H,14H2,1-6H3,(H,26,27)(H,28,29)/b25-13+. The first-order chi connectivity index (χ1) is 14.4. The lowest BCUT2D eigenvalue weighted by Crippen LogP contribution is -2.20. The van der Waals surface area contributed by atoms with Gasteiger partial charge < -0.3 is 10.1 Å². The number of hydrogen-bond donors (Lipinski definition) is 3. The number of nitrogens with zero attached hydrogens (tertiary/aromatic N) is 2. The molecule has 0 radical (unpaired) electrons. The number of aromatic amines is 1. The molecule has 0 unspecified atom stereocenters. The van der Waals surface area contributed by atoms with Crippen LogP contribution in [-0.2, 0) is 15.6 Å². The van der Waals surface area contributed by atoms with Crippen LogP contribution in [0.3, 0.4) is 0 Å². The van der Waals surface area contributed by atoms with Gasteiger partial charge in [-0.2, -0.15) is 5.10 Å². The molecular formula is C24H30N4O2S. The molecule has 1 heterocycles. The normalized spacial score (nSPS) is 12.6. The van der Waals surface area contributed by atoms with E-state index in [4.69, 9.17) is 0 Å². The minimum Gasteiger partial charge on any atom is -0.507 e. The molecule has 3 aromatic rings. The fraction of sp³-hybridized carbons (Fsp3) is 0.375. The molecular weight excluding hydrogens is 408 g/mol. The quantitative estimate of drug-likeness (QED) is 0.293. The first-order valence-corrected chi connectivity index (χ1v) is 11.2. The first kappa shape index (κ1) is 22.9. The molecule has 0 aliphatic heterocycles. The lowest BCUT2D eigenvalue weighted by molar-refractivity contribution is -0.118. The molecule has 31 heavy (non-hydrogen) atoms. The summed E-state index contributed by atoms with van der Waals surface area (Å²) < 4.78 is 0. The fourth-order valence-electron chi connectivity index (χ4n) is 3.22. The van der Waals surface area contributed by atoms with E-state index in [9.17, 15) is 9.90 Å². The van der Waals surface area contributed by atoms with Gasteiger partial charge in [-0.05, 0) is 40.7 Å². The van der Waals surface area contributed by atoms with Gasteiger partial charge >= 0.3 is 0 Å². The second kappa shape index (κ2) is 8.75. The number of thioether (sulfide) groups is 1. The van der Waals surface area contributed by atoms with Gasteiger partial charge in [0.25, 0.3) is 5.91 Å². The van der Waals surface area contributed by atoms with E-state index in [1.165, 1.54) is 11.8 Å². The van der Waals surface area contributed by atoms with Crippen LogP contribution in [0.1, 0.15) is 58.2 Å². The summed E-state index contributed by atoms with van der Waals surface area (Å²) in [6.45, 7) is 12.4. The molecule has 7 heteroatoms. The molecule has 1 amide bonds. The highest BCUT2D eigenvalue weighted by atomic mass is 32.2. The number of imidazole rings is 1. The van der Waals surface area contributed by atoms with Crippen LogP contribution in [0.4, 0.5) is 0 Å². The molecule has 0 spiro atoms. The van der Waals surface area contributed by atoms with Crippen molar-refractivity contribution in [1.82, 2.24) is 15.4 Å². The van der Waals surface area contributed by atoms with Crippen molar-refractivity contribution in [3.05, 3.63) is 53.1 Å². The number of H-pyrrole nitrogens is 1. The number of aromatic nitrogens is 2. The van der Waals surface area contributed by atoms with Crippen LogP contribution < -0.4 is 5.43 Å². The van der Waals surface area contributed by atoms with Gasteiger partial charge in [0.1, 0.15) is 5.75 Å². The van der Waals surface area contributed by atoms with E-state index in [-0.39, 0.29) is 22.5 Å². The third-order valence-electron chi connectivity index (χ3n) is 4.86. The predicted octanol–water partition coefficient (Wildman–Crippen LogP) is 5.11. The van der Waals surface area contributed by atoms with Gasteiger partial charge in [0, 0.05) is 11.1 Å². The maximum absolute atomic E-state index is 12.2. The number of carbonyl (C=O) groups excluding carboxylic acids is 1. The Balaban J connectivity index is 1.68. The highest BCUT2D eigenvalue weighted by molar-refractivity contribution is 7.99. The van der Waals surface area contributed by atoms with E-state index in [2.05, 4.69) is 62.0 Å². The van der Waals surface area contributed by atoms with Crippen molar-refractivity contribution in [3.8, 4) is 5.75 Å². The Kier molecular flexibility index (Phi) is 6.46. The number of amides is 1. The van der Waals surface area contributed by atoms with Gasteiger partial charge in [-0.1, -0.05) is 65.4 Å². The second-order valence-electron chi connectivity index (χ2n) is 9.61. The molecule has 0 atom stereocenters. The molecule has 6 nitrogen and oxygen atoms in total. The summed E-state index contributed by atoms with van der Waals surface area (Å²) in [7, 11) is 0. The van der Waals surface area contributed by atoms with Crippen LogP contribution in [0.5, 0.6) is 5.75 Å².